The number of morpholine rings is 1. The SMILES string of the molecule is O=C1COC2CCN(C(=O)N3CC(CNC(c4ccc(C(F)(F)F)cc4)C(F)(F)F)C3)CC2N1. The number of piperidine rings is 1. The lowest BCUT2D eigenvalue weighted by atomic mass is 9.97. The van der Waals surface area contributed by atoms with E-state index >= 15 is 0 Å². The van der Waals surface area contributed by atoms with Crippen LogP contribution in [0.15, 0.2) is 24.3 Å². The van der Waals surface area contributed by atoms with Crippen molar-refractivity contribution in [2.24, 2.45) is 5.92 Å². The quantitative estimate of drug-likeness (QED) is 0.632. The van der Waals surface area contributed by atoms with Gasteiger partial charge in [0.25, 0.3) is 0 Å². The molecule has 34 heavy (non-hydrogen) atoms. The van der Waals surface area contributed by atoms with Gasteiger partial charge in [-0.25, -0.2) is 4.79 Å². The molecule has 3 saturated heterocycles. The first-order chi connectivity index (χ1) is 15.9. The summed E-state index contributed by atoms with van der Waals surface area (Å²) < 4.78 is 84.1. The van der Waals surface area contributed by atoms with E-state index in [1.807, 2.05) is 0 Å². The zero-order chi connectivity index (χ0) is 24.7. The van der Waals surface area contributed by atoms with Crippen LogP contribution in [0.2, 0.25) is 0 Å². The molecular formula is C21H24F6N4O3. The monoisotopic (exact) mass is 494 g/mol. The molecule has 0 aromatic heterocycles. The van der Waals surface area contributed by atoms with E-state index in [4.69, 9.17) is 4.74 Å². The number of hydrogen-bond acceptors (Lipinski definition) is 4. The molecule has 0 aliphatic carbocycles. The van der Waals surface area contributed by atoms with Crippen LogP contribution in [-0.2, 0) is 15.7 Å². The molecule has 0 bridgehead atoms. The van der Waals surface area contributed by atoms with Gasteiger partial charge in [-0.3, -0.25) is 4.79 Å². The zero-order valence-corrected chi connectivity index (χ0v) is 18.0. The molecule has 0 spiro atoms. The number of fused-ring (bicyclic) bond motifs is 1. The molecule has 2 N–H and O–H groups in total. The predicted molar refractivity (Wildman–Crippen MR) is 107 cm³/mol. The third-order valence-electron chi connectivity index (χ3n) is 6.33. The van der Waals surface area contributed by atoms with Crippen LogP contribution in [0.4, 0.5) is 31.1 Å². The summed E-state index contributed by atoms with van der Waals surface area (Å²) >= 11 is 0. The fraction of sp³-hybridized carbons (Fsp3) is 0.619. The Bertz CT molecular complexity index is 901. The smallest absolute Gasteiger partial charge is 0.366 e. The van der Waals surface area contributed by atoms with Crippen molar-refractivity contribution in [1.82, 2.24) is 20.4 Å². The minimum absolute atomic E-state index is 0.00130. The zero-order valence-electron chi connectivity index (χ0n) is 18.0. The molecule has 3 aliphatic heterocycles. The van der Waals surface area contributed by atoms with E-state index in [1.54, 1.807) is 4.90 Å². The second kappa shape index (κ2) is 9.25. The van der Waals surface area contributed by atoms with Crippen LogP contribution in [-0.4, -0.2) is 79.4 Å². The molecule has 3 amide bonds. The van der Waals surface area contributed by atoms with Crippen molar-refractivity contribution < 1.29 is 40.7 Å². The third-order valence-corrected chi connectivity index (χ3v) is 6.33. The topological polar surface area (TPSA) is 73.9 Å². The first-order valence-corrected chi connectivity index (χ1v) is 10.8. The van der Waals surface area contributed by atoms with E-state index in [9.17, 15) is 35.9 Å². The number of alkyl halides is 6. The molecule has 1 aromatic carbocycles. The maximum Gasteiger partial charge on any atom is 0.416 e. The number of carbonyl (C=O) groups is 2. The molecule has 3 fully saturated rings. The maximum absolute atomic E-state index is 13.5. The minimum atomic E-state index is -4.70. The summed E-state index contributed by atoms with van der Waals surface area (Å²) in [6.45, 7) is 1.23. The van der Waals surface area contributed by atoms with E-state index in [1.165, 1.54) is 4.90 Å². The van der Waals surface area contributed by atoms with Crippen molar-refractivity contribution in [3.05, 3.63) is 35.4 Å². The highest BCUT2D eigenvalue weighted by molar-refractivity contribution is 5.79. The summed E-state index contributed by atoms with van der Waals surface area (Å²) in [4.78, 5) is 27.4. The van der Waals surface area contributed by atoms with Crippen LogP contribution in [0.25, 0.3) is 0 Å². The molecule has 3 atom stereocenters. The normalized spacial score (nSPS) is 24.8. The highest BCUT2D eigenvalue weighted by Gasteiger charge is 2.43. The van der Waals surface area contributed by atoms with E-state index in [0.29, 0.717) is 31.6 Å². The summed E-state index contributed by atoms with van der Waals surface area (Å²) in [6, 6.07) is 0.251. The number of rotatable bonds is 4. The van der Waals surface area contributed by atoms with Gasteiger partial charge in [-0.15, -0.1) is 0 Å². The molecule has 0 radical (unpaired) electrons. The van der Waals surface area contributed by atoms with Gasteiger partial charge in [-0.2, -0.15) is 26.3 Å². The Morgan fingerprint density at radius 2 is 1.76 bits per heavy atom. The van der Waals surface area contributed by atoms with Gasteiger partial charge in [-0.05, 0) is 24.1 Å². The number of carbonyl (C=O) groups excluding carboxylic acids is 2. The van der Waals surface area contributed by atoms with E-state index in [-0.39, 0.29) is 61.8 Å². The highest BCUT2D eigenvalue weighted by Crippen LogP contribution is 2.35. The number of hydrogen-bond donors (Lipinski definition) is 2. The lowest BCUT2D eigenvalue weighted by Gasteiger charge is -2.46. The standard InChI is InChI=1S/C21H24F6N4O3/c22-20(23,24)14-3-1-13(2-4-14)18(21(25,26)27)28-7-12-8-31(9-12)19(33)30-6-5-16-15(10-30)29-17(32)11-34-16/h1-4,12,15-16,18,28H,5-11H2,(H,29,32). The average Bonchev–Trinajstić information content (AvgIpc) is 2.73. The average molecular weight is 494 g/mol. The van der Waals surface area contributed by atoms with Crippen molar-refractivity contribution >= 4 is 11.9 Å². The molecule has 7 nitrogen and oxygen atoms in total. The van der Waals surface area contributed by atoms with Gasteiger partial charge in [-0.1, -0.05) is 12.1 Å². The van der Waals surface area contributed by atoms with Gasteiger partial charge in [0, 0.05) is 38.6 Å². The van der Waals surface area contributed by atoms with E-state index in [2.05, 4.69) is 10.6 Å². The van der Waals surface area contributed by atoms with E-state index in [0.717, 1.165) is 12.1 Å². The summed E-state index contributed by atoms with van der Waals surface area (Å²) in [6.07, 6.45) is -8.89. The third kappa shape index (κ3) is 5.40. The Balaban J connectivity index is 1.28. The Morgan fingerprint density at radius 1 is 1.09 bits per heavy atom. The van der Waals surface area contributed by atoms with Crippen molar-refractivity contribution in [1.29, 1.82) is 0 Å². The largest absolute Gasteiger partial charge is 0.416 e. The fourth-order valence-electron chi connectivity index (χ4n) is 4.50. The number of ether oxygens (including phenoxy) is 1. The Morgan fingerprint density at radius 3 is 2.38 bits per heavy atom. The summed E-state index contributed by atoms with van der Waals surface area (Å²) in [5.74, 6) is -0.462. The van der Waals surface area contributed by atoms with Gasteiger partial charge >= 0.3 is 18.4 Å². The first-order valence-electron chi connectivity index (χ1n) is 10.8. The van der Waals surface area contributed by atoms with Gasteiger partial charge in [0.1, 0.15) is 12.6 Å². The second-order valence-electron chi connectivity index (χ2n) is 8.81. The first kappa shape index (κ1) is 24.6. The van der Waals surface area contributed by atoms with E-state index < -0.39 is 24.0 Å². The number of likely N-dealkylation sites (tertiary alicyclic amines) is 2. The van der Waals surface area contributed by atoms with Crippen molar-refractivity contribution in [2.45, 2.75) is 37.0 Å². The number of benzene rings is 1. The Kier molecular flexibility index (Phi) is 6.69. The summed E-state index contributed by atoms with van der Waals surface area (Å²) in [5, 5.41) is 5.20. The number of nitrogens with one attached hydrogen (secondary N) is 2. The lowest BCUT2D eigenvalue weighted by molar-refractivity contribution is -0.158. The molecule has 3 unspecified atom stereocenters. The number of amides is 3. The number of halogens is 6. The Hall–Kier alpha value is -2.54. The van der Waals surface area contributed by atoms with Gasteiger partial charge in [0.05, 0.1) is 17.7 Å². The van der Waals surface area contributed by atoms with Gasteiger partial charge < -0.3 is 25.2 Å². The van der Waals surface area contributed by atoms with Crippen LogP contribution in [0.5, 0.6) is 0 Å². The van der Waals surface area contributed by atoms with Gasteiger partial charge in [0.15, 0.2) is 0 Å². The van der Waals surface area contributed by atoms with Crippen LogP contribution >= 0.6 is 0 Å². The molecule has 4 rings (SSSR count). The van der Waals surface area contributed by atoms with Crippen LogP contribution in [0, 0.1) is 5.92 Å². The molecule has 3 aliphatic rings. The minimum Gasteiger partial charge on any atom is -0.366 e. The highest BCUT2D eigenvalue weighted by atomic mass is 19.4. The van der Waals surface area contributed by atoms with Crippen LogP contribution in [0.3, 0.4) is 0 Å². The fourth-order valence-corrected chi connectivity index (χ4v) is 4.50. The lowest BCUT2D eigenvalue weighted by Crippen LogP contribution is -2.64. The van der Waals surface area contributed by atoms with Crippen LogP contribution in [0.1, 0.15) is 23.6 Å². The molecular weight excluding hydrogens is 470 g/mol. The second-order valence-corrected chi connectivity index (χ2v) is 8.81. The molecule has 3 heterocycles. The molecule has 13 heteroatoms. The van der Waals surface area contributed by atoms with Crippen LogP contribution < -0.4 is 10.6 Å². The van der Waals surface area contributed by atoms with Gasteiger partial charge in [0.2, 0.25) is 5.91 Å². The van der Waals surface area contributed by atoms with Crippen molar-refractivity contribution in [3.8, 4) is 0 Å². The molecule has 188 valence electrons. The summed E-state index contributed by atoms with van der Waals surface area (Å²) in [7, 11) is 0. The number of nitrogens with zero attached hydrogens (tertiary/aromatic N) is 2. The number of urea groups is 1. The molecule has 1 aromatic rings. The maximum atomic E-state index is 13.5. The summed E-state index contributed by atoms with van der Waals surface area (Å²) in [5.41, 5.74) is -1.33. The van der Waals surface area contributed by atoms with Crippen molar-refractivity contribution in [3.63, 3.8) is 0 Å². The molecule has 0 saturated carbocycles. The van der Waals surface area contributed by atoms with Crippen molar-refractivity contribution in [2.75, 3.05) is 39.3 Å². The predicted octanol–water partition coefficient (Wildman–Crippen LogP) is 2.54. The Labute approximate surface area is 191 Å².